The molecule has 156 valence electrons. The van der Waals surface area contributed by atoms with Crippen LogP contribution in [-0.4, -0.2) is 28.0 Å². The molecule has 0 atom stereocenters. The smallest absolute Gasteiger partial charge is 0.326 e. The van der Waals surface area contributed by atoms with Gasteiger partial charge in [0.05, 0.1) is 28.2 Å². The second-order valence-corrected chi connectivity index (χ2v) is 7.13. The van der Waals surface area contributed by atoms with E-state index in [0.717, 1.165) is 17.4 Å². The number of ether oxygens (including phenoxy) is 1. The number of halogens is 2. The topological polar surface area (TPSA) is 104 Å². The first-order valence-corrected chi connectivity index (χ1v) is 9.55. The van der Waals surface area contributed by atoms with Gasteiger partial charge in [-0.2, -0.15) is 4.99 Å². The number of esters is 1. The standard InChI is InChI=1S/C19H15F2N3O5S/c1-2-29-17(26)10-23-18-14(21)8-12(20)9-15(18)30-19(23)22-16(25)7-11-3-5-13(6-4-11)24(27)28/h3-6,8-9H,2,7,10H2,1H3. The number of nitro benzene ring substituents is 1. The molecule has 1 heterocycles. The largest absolute Gasteiger partial charge is 0.465 e. The van der Waals surface area contributed by atoms with Gasteiger partial charge in [-0.3, -0.25) is 19.7 Å². The maximum atomic E-state index is 14.4. The maximum absolute atomic E-state index is 14.4. The third-order valence-corrected chi connectivity index (χ3v) is 5.04. The first kappa shape index (κ1) is 21.2. The van der Waals surface area contributed by atoms with E-state index in [4.69, 9.17) is 4.74 Å². The third kappa shape index (κ3) is 4.74. The van der Waals surface area contributed by atoms with Crippen molar-refractivity contribution in [3.05, 3.63) is 68.5 Å². The van der Waals surface area contributed by atoms with Crippen molar-refractivity contribution in [3.63, 3.8) is 0 Å². The average Bonchev–Trinajstić information content (AvgIpc) is 2.99. The number of hydrogen-bond acceptors (Lipinski definition) is 6. The number of nitro groups is 1. The monoisotopic (exact) mass is 435 g/mol. The number of fused-ring (bicyclic) bond motifs is 1. The molecule has 0 spiro atoms. The molecule has 0 aliphatic heterocycles. The Morgan fingerprint density at radius 1 is 1.23 bits per heavy atom. The van der Waals surface area contributed by atoms with Gasteiger partial charge in [0.15, 0.2) is 10.6 Å². The number of thiazole rings is 1. The highest BCUT2D eigenvalue weighted by molar-refractivity contribution is 7.16. The lowest BCUT2D eigenvalue weighted by Gasteiger charge is -2.06. The Kier molecular flexibility index (Phi) is 6.31. The summed E-state index contributed by atoms with van der Waals surface area (Å²) in [4.78, 5) is 38.4. The minimum absolute atomic E-state index is 0.00876. The van der Waals surface area contributed by atoms with Gasteiger partial charge in [-0.1, -0.05) is 23.5 Å². The highest BCUT2D eigenvalue weighted by Crippen LogP contribution is 2.22. The second-order valence-electron chi connectivity index (χ2n) is 6.12. The summed E-state index contributed by atoms with van der Waals surface area (Å²) in [6.07, 6.45) is -0.164. The molecule has 11 heteroatoms. The third-order valence-electron chi connectivity index (χ3n) is 4.01. The van der Waals surface area contributed by atoms with Gasteiger partial charge in [0.1, 0.15) is 12.4 Å². The average molecular weight is 435 g/mol. The number of nitrogens with zero attached hydrogens (tertiary/aromatic N) is 3. The van der Waals surface area contributed by atoms with Crippen LogP contribution in [0.25, 0.3) is 10.2 Å². The molecule has 3 rings (SSSR count). The molecule has 0 aliphatic rings. The van der Waals surface area contributed by atoms with Crippen LogP contribution < -0.4 is 4.80 Å². The van der Waals surface area contributed by atoms with Gasteiger partial charge in [-0.15, -0.1) is 0 Å². The Morgan fingerprint density at radius 2 is 1.93 bits per heavy atom. The SMILES string of the molecule is CCOC(=O)Cn1c(=NC(=O)Cc2ccc([N+](=O)[O-])cc2)sc2cc(F)cc(F)c21. The molecule has 1 aromatic heterocycles. The lowest BCUT2D eigenvalue weighted by Crippen LogP contribution is -2.23. The quantitative estimate of drug-likeness (QED) is 0.336. The van der Waals surface area contributed by atoms with Crippen LogP contribution in [0.4, 0.5) is 14.5 Å². The molecule has 0 bridgehead atoms. The number of carbonyl (C=O) groups is 2. The molecule has 0 aliphatic carbocycles. The van der Waals surface area contributed by atoms with Gasteiger partial charge < -0.3 is 9.30 Å². The summed E-state index contributed by atoms with van der Waals surface area (Å²) in [6.45, 7) is 1.33. The Labute approximate surface area is 172 Å². The van der Waals surface area contributed by atoms with Crippen LogP contribution in [0.3, 0.4) is 0 Å². The number of amides is 1. The number of rotatable bonds is 6. The molecule has 0 fully saturated rings. The fourth-order valence-corrected chi connectivity index (χ4v) is 3.84. The van der Waals surface area contributed by atoms with Gasteiger partial charge in [0, 0.05) is 18.2 Å². The lowest BCUT2D eigenvalue weighted by molar-refractivity contribution is -0.384. The predicted octanol–water partition coefficient (Wildman–Crippen LogP) is 3.12. The van der Waals surface area contributed by atoms with E-state index in [0.29, 0.717) is 11.6 Å². The Hall–Kier alpha value is -3.47. The lowest BCUT2D eigenvalue weighted by atomic mass is 10.1. The molecule has 0 unspecified atom stereocenters. The van der Waals surface area contributed by atoms with Crippen molar-refractivity contribution in [1.29, 1.82) is 0 Å². The number of carbonyl (C=O) groups excluding carboxylic acids is 2. The summed E-state index contributed by atoms with van der Waals surface area (Å²) in [5.41, 5.74) is 0.318. The molecule has 3 aromatic rings. The normalized spacial score (nSPS) is 11.6. The van der Waals surface area contributed by atoms with Gasteiger partial charge in [-0.05, 0) is 18.6 Å². The highest BCUT2D eigenvalue weighted by atomic mass is 32.1. The van der Waals surface area contributed by atoms with E-state index in [2.05, 4.69) is 4.99 Å². The zero-order valence-electron chi connectivity index (χ0n) is 15.6. The van der Waals surface area contributed by atoms with Gasteiger partial charge in [-0.25, -0.2) is 8.78 Å². The second kappa shape index (κ2) is 8.91. The van der Waals surface area contributed by atoms with Crippen LogP contribution in [0.5, 0.6) is 0 Å². The summed E-state index contributed by atoms with van der Waals surface area (Å²) < 4.78 is 34.2. The molecule has 2 aromatic carbocycles. The summed E-state index contributed by atoms with van der Waals surface area (Å²) >= 11 is 0.856. The maximum Gasteiger partial charge on any atom is 0.326 e. The molecule has 0 radical (unpaired) electrons. The van der Waals surface area contributed by atoms with Crippen LogP contribution in [-0.2, 0) is 27.3 Å². The van der Waals surface area contributed by atoms with E-state index in [-0.39, 0.29) is 33.7 Å². The zero-order chi connectivity index (χ0) is 21.8. The molecule has 30 heavy (non-hydrogen) atoms. The first-order chi connectivity index (χ1) is 14.3. The molecule has 1 amide bonds. The van der Waals surface area contributed by atoms with Crippen LogP contribution in [0.15, 0.2) is 41.4 Å². The fourth-order valence-electron chi connectivity index (χ4n) is 2.75. The van der Waals surface area contributed by atoms with Crippen LogP contribution in [0.2, 0.25) is 0 Å². The van der Waals surface area contributed by atoms with E-state index in [1.807, 2.05) is 0 Å². The summed E-state index contributed by atoms with van der Waals surface area (Å²) in [5.74, 6) is -2.97. The van der Waals surface area contributed by atoms with Crippen molar-refractivity contribution < 1.29 is 28.0 Å². The fraction of sp³-hybridized carbons (Fsp3) is 0.211. The molecular formula is C19H15F2N3O5S. The van der Waals surface area contributed by atoms with Crippen molar-refractivity contribution in [3.8, 4) is 0 Å². The van der Waals surface area contributed by atoms with E-state index in [9.17, 15) is 28.5 Å². The van der Waals surface area contributed by atoms with Crippen molar-refractivity contribution in [2.24, 2.45) is 4.99 Å². The van der Waals surface area contributed by atoms with Gasteiger partial charge in [0.25, 0.3) is 11.6 Å². The number of non-ortho nitro benzene ring substituents is 1. The summed E-state index contributed by atoms with van der Waals surface area (Å²) in [6, 6.07) is 7.16. The van der Waals surface area contributed by atoms with Crippen molar-refractivity contribution in [1.82, 2.24) is 4.57 Å². The number of hydrogen-bond donors (Lipinski definition) is 0. The van der Waals surface area contributed by atoms with E-state index in [1.165, 1.54) is 28.8 Å². The van der Waals surface area contributed by atoms with Crippen molar-refractivity contribution in [2.75, 3.05) is 6.61 Å². The van der Waals surface area contributed by atoms with Crippen LogP contribution >= 0.6 is 11.3 Å². The minimum atomic E-state index is -0.894. The molecular weight excluding hydrogens is 420 g/mol. The summed E-state index contributed by atoms with van der Waals surface area (Å²) in [7, 11) is 0. The molecule has 8 nitrogen and oxygen atoms in total. The first-order valence-electron chi connectivity index (χ1n) is 8.73. The zero-order valence-corrected chi connectivity index (χ0v) is 16.4. The van der Waals surface area contributed by atoms with Gasteiger partial charge >= 0.3 is 5.97 Å². The van der Waals surface area contributed by atoms with Crippen molar-refractivity contribution >= 4 is 39.1 Å². The van der Waals surface area contributed by atoms with E-state index >= 15 is 0 Å². The van der Waals surface area contributed by atoms with E-state index < -0.39 is 35.0 Å². The van der Waals surface area contributed by atoms with Gasteiger partial charge in [0.2, 0.25) is 0 Å². The summed E-state index contributed by atoms with van der Waals surface area (Å²) in [5, 5.41) is 10.7. The Bertz CT molecular complexity index is 1200. The molecule has 0 saturated carbocycles. The van der Waals surface area contributed by atoms with E-state index in [1.54, 1.807) is 6.92 Å². The number of benzene rings is 2. The molecule has 0 N–H and O–H groups in total. The Morgan fingerprint density at radius 3 is 2.57 bits per heavy atom. The number of aromatic nitrogens is 1. The molecule has 0 saturated heterocycles. The Balaban J connectivity index is 1.99. The van der Waals surface area contributed by atoms with Crippen molar-refractivity contribution in [2.45, 2.75) is 19.9 Å². The highest BCUT2D eigenvalue weighted by Gasteiger charge is 2.17. The van der Waals surface area contributed by atoms with Crippen LogP contribution in [0, 0.1) is 21.7 Å². The predicted molar refractivity (Wildman–Crippen MR) is 104 cm³/mol. The van der Waals surface area contributed by atoms with Crippen LogP contribution in [0.1, 0.15) is 12.5 Å². The minimum Gasteiger partial charge on any atom is -0.465 e.